The molecule has 0 aliphatic heterocycles. The van der Waals surface area contributed by atoms with Crippen LogP contribution in [0.1, 0.15) is 53.1 Å². The Balaban J connectivity index is 1.29. The van der Waals surface area contributed by atoms with Gasteiger partial charge in [0.25, 0.3) is 0 Å². The molecule has 4 aromatic carbocycles. The van der Waals surface area contributed by atoms with Crippen LogP contribution in [-0.4, -0.2) is 34.8 Å². The topological polar surface area (TPSA) is 125 Å². The predicted octanol–water partition coefficient (Wildman–Crippen LogP) is 5.69. The van der Waals surface area contributed by atoms with E-state index >= 15 is 0 Å². The molecule has 8 heteroatoms. The number of rotatable bonds is 10. The van der Waals surface area contributed by atoms with Crippen molar-refractivity contribution in [2.24, 2.45) is 0 Å². The number of carboxylic acids is 1. The molecule has 208 valence electrons. The van der Waals surface area contributed by atoms with Gasteiger partial charge in [-0.1, -0.05) is 91.0 Å². The molecule has 2 amide bonds. The number of benzene rings is 4. The van der Waals surface area contributed by atoms with Crippen molar-refractivity contribution < 1.29 is 29.3 Å². The molecule has 41 heavy (non-hydrogen) atoms. The lowest BCUT2D eigenvalue weighted by Gasteiger charge is -2.22. The van der Waals surface area contributed by atoms with Crippen LogP contribution in [0.5, 0.6) is 5.75 Å². The summed E-state index contributed by atoms with van der Waals surface area (Å²) in [6.07, 6.45) is -1.15. The molecule has 4 N–H and O–H groups in total. The van der Waals surface area contributed by atoms with E-state index in [4.69, 9.17) is 4.74 Å². The van der Waals surface area contributed by atoms with Gasteiger partial charge in [0.1, 0.15) is 12.4 Å². The zero-order chi connectivity index (χ0) is 28.8. The number of carbonyl (C=O) groups excluding carboxylic acids is 2. The van der Waals surface area contributed by atoms with Crippen molar-refractivity contribution in [1.29, 1.82) is 0 Å². The Morgan fingerprint density at radius 1 is 0.683 bits per heavy atom. The molecule has 0 saturated heterocycles. The number of carbonyl (C=O) groups is 3. The van der Waals surface area contributed by atoms with E-state index in [-0.39, 0.29) is 31.1 Å². The molecule has 1 aliphatic carbocycles. The number of alkyl carbamates (subject to hydrolysis) is 1. The van der Waals surface area contributed by atoms with Crippen LogP contribution in [-0.2, 0) is 14.3 Å². The Hall–Kier alpha value is -5.11. The summed E-state index contributed by atoms with van der Waals surface area (Å²) >= 11 is 0. The standard InChI is InChI=1S/C33H30N2O6/c36-23-16-14-22(15-17-23)29(18-31(37)34-30(19-32(38)39)21-8-2-1-3-9-21)35-33(40)41-20-28-26-12-6-4-10-24(26)25-11-5-7-13-27(25)28/h1-17,28-30,36H,18-20H2,(H,34,37)(H,35,40)(H,38,39)/t29-,30-/m0/s1. The third-order valence-corrected chi connectivity index (χ3v) is 7.24. The van der Waals surface area contributed by atoms with Gasteiger partial charge in [0, 0.05) is 5.92 Å². The van der Waals surface area contributed by atoms with E-state index < -0.39 is 30.1 Å². The lowest BCUT2D eigenvalue weighted by molar-refractivity contribution is -0.137. The van der Waals surface area contributed by atoms with E-state index in [2.05, 4.69) is 22.8 Å². The van der Waals surface area contributed by atoms with Gasteiger partial charge in [-0.15, -0.1) is 0 Å². The zero-order valence-electron chi connectivity index (χ0n) is 22.2. The van der Waals surface area contributed by atoms with Gasteiger partial charge in [-0.2, -0.15) is 0 Å². The van der Waals surface area contributed by atoms with Crippen LogP contribution in [0.4, 0.5) is 4.79 Å². The second-order valence-electron chi connectivity index (χ2n) is 9.95. The second kappa shape index (κ2) is 12.4. The van der Waals surface area contributed by atoms with Crippen molar-refractivity contribution in [3.63, 3.8) is 0 Å². The van der Waals surface area contributed by atoms with Gasteiger partial charge in [0.2, 0.25) is 5.91 Å². The lowest BCUT2D eigenvalue weighted by atomic mass is 9.98. The van der Waals surface area contributed by atoms with Crippen molar-refractivity contribution >= 4 is 18.0 Å². The minimum atomic E-state index is -1.05. The first-order valence-electron chi connectivity index (χ1n) is 13.4. The zero-order valence-corrected chi connectivity index (χ0v) is 22.2. The fourth-order valence-corrected chi connectivity index (χ4v) is 5.29. The van der Waals surface area contributed by atoms with Gasteiger partial charge in [0.15, 0.2) is 0 Å². The highest BCUT2D eigenvalue weighted by molar-refractivity contribution is 5.80. The molecule has 0 spiro atoms. The quantitative estimate of drug-likeness (QED) is 0.201. The molecule has 8 nitrogen and oxygen atoms in total. The average Bonchev–Trinajstić information content (AvgIpc) is 3.29. The minimum Gasteiger partial charge on any atom is -0.508 e. The first-order chi connectivity index (χ1) is 19.9. The van der Waals surface area contributed by atoms with Crippen LogP contribution < -0.4 is 10.6 Å². The summed E-state index contributed by atoms with van der Waals surface area (Å²) in [4.78, 5) is 37.7. The molecule has 4 aromatic rings. The van der Waals surface area contributed by atoms with Crippen LogP contribution in [0.3, 0.4) is 0 Å². The van der Waals surface area contributed by atoms with Gasteiger partial charge in [-0.05, 0) is 45.5 Å². The molecule has 0 heterocycles. The van der Waals surface area contributed by atoms with E-state index in [1.165, 1.54) is 12.1 Å². The number of phenolic OH excluding ortho intramolecular Hbond substituents is 1. The maximum atomic E-state index is 13.1. The molecule has 2 atom stereocenters. The number of carboxylic acid groups (broad SMARTS) is 1. The molecule has 0 bridgehead atoms. The third kappa shape index (κ3) is 6.55. The summed E-state index contributed by atoms with van der Waals surface area (Å²) in [5.41, 5.74) is 5.65. The Kier molecular flexibility index (Phi) is 8.29. The summed E-state index contributed by atoms with van der Waals surface area (Å²) in [5.74, 6) is -1.57. The highest BCUT2D eigenvalue weighted by atomic mass is 16.5. The minimum absolute atomic E-state index is 0.0451. The first-order valence-corrected chi connectivity index (χ1v) is 13.4. The monoisotopic (exact) mass is 550 g/mol. The fraction of sp³-hybridized carbons (Fsp3) is 0.182. The van der Waals surface area contributed by atoms with Crippen LogP contribution >= 0.6 is 0 Å². The SMILES string of the molecule is O=C(O)C[C@H](NC(=O)C[C@H](NC(=O)OCC1c2ccccc2-c2ccccc21)c1ccc(O)cc1)c1ccccc1. The summed E-state index contributed by atoms with van der Waals surface area (Å²) in [5, 5.41) is 24.7. The molecule has 0 fully saturated rings. The number of hydrogen-bond donors (Lipinski definition) is 4. The second-order valence-corrected chi connectivity index (χ2v) is 9.95. The Morgan fingerprint density at radius 2 is 1.22 bits per heavy atom. The maximum absolute atomic E-state index is 13.1. The average molecular weight is 551 g/mol. The largest absolute Gasteiger partial charge is 0.508 e. The Bertz CT molecular complexity index is 1490. The van der Waals surface area contributed by atoms with E-state index in [0.29, 0.717) is 11.1 Å². The van der Waals surface area contributed by atoms with Crippen molar-refractivity contribution in [3.05, 3.63) is 125 Å². The molecule has 0 aromatic heterocycles. The number of phenols is 1. The molecule has 0 radical (unpaired) electrons. The van der Waals surface area contributed by atoms with Crippen LogP contribution in [0.15, 0.2) is 103 Å². The van der Waals surface area contributed by atoms with Gasteiger partial charge in [-0.3, -0.25) is 9.59 Å². The molecule has 0 unspecified atom stereocenters. The van der Waals surface area contributed by atoms with Crippen molar-refractivity contribution in [1.82, 2.24) is 10.6 Å². The summed E-state index contributed by atoms with van der Waals surface area (Å²) < 4.78 is 5.69. The van der Waals surface area contributed by atoms with Crippen molar-refractivity contribution in [3.8, 4) is 16.9 Å². The van der Waals surface area contributed by atoms with Gasteiger partial charge in [0.05, 0.1) is 24.9 Å². The number of amides is 2. The van der Waals surface area contributed by atoms with E-state index in [9.17, 15) is 24.6 Å². The van der Waals surface area contributed by atoms with E-state index in [0.717, 1.165) is 22.3 Å². The number of aliphatic carboxylic acids is 1. The number of fused-ring (bicyclic) bond motifs is 3. The number of ether oxygens (including phenoxy) is 1. The highest BCUT2D eigenvalue weighted by Gasteiger charge is 2.30. The first kappa shape index (κ1) is 27.5. The van der Waals surface area contributed by atoms with Crippen LogP contribution in [0.2, 0.25) is 0 Å². The summed E-state index contributed by atoms with van der Waals surface area (Å²) in [6.45, 7) is 0.114. The van der Waals surface area contributed by atoms with Gasteiger partial charge < -0.3 is 25.6 Å². The summed E-state index contributed by atoms with van der Waals surface area (Å²) in [7, 11) is 0. The fourth-order valence-electron chi connectivity index (χ4n) is 5.29. The summed E-state index contributed by atoms with van der Waals surface area (Å²) in [6, 6.07) is 29.6. The van der Waals surface area contributed by atoms with Gasteiger partial charge >= 0.3 is 12.1 Å². The lowest BCUT2D eigenvalue weighted by Crippen LogP contribution is -2.36. The third-order valence-electron chi connectivity index (χ3n) is 7.24. The van der Waals surface area contributed by atoms with Crippen molar-refractivity contribution in [2.45, 2.75) is 30.8 Å². The molecular formula is C33H30N2O6. The van der Waals surface area contributed by atoms with Gasteiger partial charge in [-0.25, -0.2) is 4.79 Å². The Morgan fingerprint density at radius 3 is 1.83 bits per heavy atom. The smallest absolute Gasteiger partial charge is 0.407 e. The normalized spacial score (nSPS) is 13.4. The van der Waals surface area contributed by atoms with Crippen molar-refractivity contribution in [2.75, 3.05) is 6.61 Å². The van der Waals surface area contributed by atoms with E-state index in [1.807, 2.05) is 42.5 Å². The number of hydrogen-bond acceptors (Lipinski definition) is 5. The molecule has 5 rings (SSSR count). The molecule has 1 aliphatic rings. The highest BCUT2D eigenvalue weighted by Crippen LogP contribution is 2.44. The molecular weight excluding hydrogens is 520 g/mol. The van der Waals surface area contributed by atoms with E-state index in [1.54, 1.807) is 36.4 Å². The maximum Gasteiger partial charge on any atom is 0.407 e. The Labute approximate surface area is 237 Å². The number of aromatic hydroxyl groups is 1. The number of nitrogens with one attached hydrogen (secondary N) is 2. The van der Waals surface area contributed by atoms with Crippen LogP contribution in [0, 0.1) is 0 Å². The van der Waals surface area contributed by atoms with Crippen LogP contribution in [0.25, 0.3) is 11.1 Å². The molecule has 0 saturated carbocycles. The predicted molar refractivity (Wildman–Crippen MR) is 153 cm³/mol.